The molecule has 0 heterocycles. The van der Waals surface area contributed by atoms with Gasteiger partial charge in [0.15, 0.2) is 0 Å². The van der Waals surface area contributed by atoms with Crippen LogP contribution in [-0.4, -0.2) is 0 Å². The van der Waals surface area contributed by atoms with E-state index < -0.39 is 0 Å². The van der Waals surface area contributed by atoms with Gasteiger partial charge in [-0.2, -0.15) is 5.26 Å². The molecule has 0 N–H and O–H groups in total. The summed E-state index contributed by atoms with van der Waals surface area (Å²) in [6.07, 6.45) is 28.4. The van der Waals surface area contributed by atoms with E-state index in [1.54, 1.807) is 12.1 Å². The van der Waals surface area contributed by atoms with Crippen molar-refractivity contribution in [3.8, 4) is 6.07 Å². The summed E-state index contributed by atoms with van der Waals surface area (Å²) in [5, 5.41) is 9.13. The lowest BCUT2D eigenvalue weighted by atomic mass is 9.65. The van der Waals surface area contributed by atoms with Crippen molar-refractivity contribution in [3.05, 3.63) is 35.1 Å². The molecule has 1 aromatic rings. The molecule has 0 unspecified atom stereocenters. The molecular formula is C31H48FN. The Balaban J connectivity index is 1.55. The summed E-state index contributed by atoms with van der Waals surface area (Å²) in [5.74, 6) is -0.333. The number of nitriles is 1. The van der Waals surface area contributed by atoms with Crippen molar-refractivity contribution in [2.75, 3.05) is 0 Å². The maximum Gasteiger partial charge on any atom is 0.141 e. The van der Waals surface area contributed by atoms with Crippen molar-refractivity contribution in [2.45, 2.75) is 147 Å². The molecule has 0 aliphatic heterocycles. The van der Waals surface area contributed by atoms with Gasteiger partial charge in [0.1, 0.15) is 11.9 Å². The van der Waals surface area contributed by atoms with Crippen LogP contribution in [0.2, 0.25) is 0 Å². The van der Waals surface area contributed by atoms with Gasteiger partial charge in [0.2, 0.25) is 0 Å². The number of benzene rings is 1. The summed E-state index contributed by atoms with van der Waals surface area (Å²) >= 11 is 0. The first-order chi connectivity index (χ1) is 16.1. The largest absolute Gasteiger partial charge is 0.206 e. The standard InChI is InChI=1S/C31H48FN/c1-2-3-4-5-6-9-18-30(19-10-7-11-20-30)21-14-15-24-31(22-12-8-13-23-31)28-17-16-27(26-33)29(32)25-28/h16-17,25H,2-15,18-24H2,1H3. The van der Waals surface area contributed by atoms with Crippen LogP contribution in [0.15, 0.2) is 18.2 Å². The van der Waals surface area contributed by atoms with E-state index in [4.69, 9.17) is 5.26 Å². The Labute approximate surface area is 203 Å². The zero-order chi connectivity index (χ0) is 23.4. The van der Waals surface area contributed by atoms with Gasteiger partial charge in [-0.15, -0.1) is 0 Å². The molecule has 3 rings (SSSR count). The van der Waals surface area contributed by atoms with Crippen LogP contribution in [0, 0.1) is 22.6 Å². The second kappa shape index (κ2) is 13.5. The fraction of sp³-hybridized carbons (Fsp3) is 0.774. The molecule has 2 aliphatic rings. The average molecular weight is 454 g/mol. The highest BCUT2D eigenvalue weighted by molar-refractivity contribution is 5.37. The van der Waals surface area contributed by atoms with Crippen molar-refractivity contribution in [1.29, 1.82) is 5.26 Å². The highest BCUT2D eigenvalue weighted by atomic mass is 19.1. The Bertz CT molecular complexity index is 734. The first-order valence-corrected chi connectivity index (χ1v) is 14.3. The predicted molar refractivity (Wildman–Crippen MR) is 138 cm³/mol. The molecule has 0 saturated heterocycles. The summed E-state index contributed by atoms with van der Waals surface area (Å²) in [6, 6.07) is 7.43. The molecular weight excluding hydrogens is 405 g/mol. The van der Waals surface area contributed by atoms with E-state index in [9.17, 15) is 4.39 Å². The number of unbranched alkanes of at least 4 members (excludes halogenated alkanes) is 6. The van der Waals surface area contributed by atoms with Crippen LogP contribution in [0.1, 0.15) is 153 Å². The Morgan fingerprint density at radius 1 is 0.758 bits per heavy atom. The van der Waals surface area contributed by atoms with Gasteiger partial charge in [0, 0.05) is 0 Å². The number of rotatable bonds is 13. The SMILES string of the molecule is CCCCCCCCC1(CCCCC2(c3ccc(C#N)c(F)c3)CCCCC2)CCCCC1. The molecule has 1 aromatic carbocycles. The third-order valence-corrected chi connectivity index (χ3v) is 9.10. The molecule has 184 valence electrons. The molecule has 0 spiro atoms. The zero-order valence-corrected chi connectivity index (χ0v) is 21.4. The summed E-state index contributed by atoms with van der Waals surface area (Å²) in [5.41, 5.74) is 2.08. The van der Waals surface area contributed by atoms with Gasteiger partial charge < -0.3 is 0 Å². The highest BCUT2D eigenvalue weighted by Crippen LogP contribution is 2.47. The quantitative estimate of drug-likeness (QED) is 0.272. The molecule has 33 heavy (non-hydrogen) atoms. The second-order valence-electron chi connectivity index (χ2n) is 11.4. The van der Waals surface area contributed by atoms with Gasteiger partial charge in [0.25, 0.3) is 0 Å². The van der Waals surface area contributed by atoms with Gasteiger partial charge in [-0.05, 0) is 73.5 Å². The lowest BCUT2D eigenvalue weighted by molar-refractivity contribution is 0.143. The molecule has 1 nitrogen and oxygen atoms in total. The minimum absolute atomic E-state index is 0.131. The van der Waals surface area contributed by atoms with Gasteiger partial charge in [-0.1, -0.05) is 103 Å². The van der Waals surface area contributed by atoms with Crippen LogP contribution in [0.4, 0.5) is 4.39 Å². The number of hydrogen-bond acceptors (Lipinski definition) is 1. The van der Waals surface area contributed by atoms with E-state index in [-0.39, 0.29) is 16.8 Å². The van der Waals surface area contributed by atoms with Crippen LogP contribution in [0.25, 0.3) is 0 Å². The van der Waals surface area contributed by atoms with Crippen LogP contribution >= 0.6 is 0 Å². The van der Waals surface area contributed by atoms with Gasteiger partial charge >= 0.3 is 0 Å². The number of halogens is 1. The maximum absolute atomic E-state index is 14.5. The van der Waals surface area contributed by atoms with Crippen LogP contribution in [0.3, 0.4) is 0 Å². The van der Waals surface area contributed by atoms with E-state index in [1.807, 2.05) is 12.1 Å². The molecule has 2 aliphatic carbocycles. The van der Waals surface area contributed by atoms with Crippen molar-refractivity contribution in [3.63, 3.8) is 0 Å². The van der Waals surface area contributed by atoms with Crippen LogP contribution in [-0.2, 0) is 5.41 Å². The smallest absolute Gasteiger partial charge is 0.141 e. The number of hydrogen-bond donors (Lipinski definition) is 0. The predicted octanol–water partition coefficient (Wildman–Crippen LogP) is 10.2. The Hall–Kier alpha value is -1.36. The minimum Gasteiger partial charge on any atom is -0.206 e. The molecule has 2 fully saturated rings. The Kier molecular flexibility index (Phi) is 10.7. The van der Waals surface area contributed by atoms with Crippen molar-refractivity contribution in [1.82, 2.24) is 0 Å². The normalized spacial score (nSPS) is 19.8. The third-order valence-electron chi connectivity index (χ3n) is 9.10. The molecule has 0 amide bonds. The Morgan fingerprint density at radius 2 is 1.33 bits per heavy atom. The number of nitrogens with zero attached hydrogens (tertiary/aromatic N) is 1. The summed E-state index contributed by atoms with van der Waals surface area (Å²) in [7, 11) is 0. The fourth-order valence-corrected chi connectivity index (χ4v) is 7.02. The van der Waals surface area contributed by atoms with Crippen LogP contribution < -0.4 is 0 Å². The van der Waals surface area contributed by atoms with Crippen molar-refractivity contribution in [2.24, 2.45) is 5.41 Å². The fourth-order valence-electron chi connectivity index (χ4n) is 7.02. The van der Waals surface area contributed by atoms with E-state index in [2.05, 4.69) is 6.92 Å². The monoisotopic (exact) mass is 453 g/mol. The second-order valence-corrected chi connectivity index (χ2v) is 11.4. The van der Waals surface area contributed by atoms with Crippen molar-refractivity contribution < 1.29 is 4.39 Å². The lowest BCUT2D eigenvalue weighted by Gasteiger charge is -2.40. The summed E-state index contributed by atoms with van der Waals surface area (Å²) < 4.78 is 14.5. The molecule has 0 radical (unpaired) electrons. The van der Waals surface area contributed by atoms with E-state index in [1.165, 1.54) is 135 Å². The van der Waals surface area contributed by atoms with Gasteiger partial charge in [0.05, 0.1) is 5.56 Å². The van der Waals surface area contributed by atoms with Crippen LogP contribution in [0.5, 0.6) is 0 Å². The third kappa shape index (κ3) is 7.56. The topological polar surface area (TPSA) is 23.8 Å². The maximum atomic E-state index is 14.5. The minimum atomic E-state index is -0.333. The average Bonchev–Trinajstić information content (AvgIpc) is 2.85. The van der Waals surface area contributed by atoms with E-state index in [0.29, 0.717) is 5.41 Å². The van der Waals surface area contributed by atoms with E-state index >= 15 is 0 Å². The molecule has 0 aromatic heterocycles. The Morgan fingerprint density at radius 3 is 1.97 bits per heavy atom. The van der Waals surface area contributed by atoms with E-state index in [0.717, 1.165) is 5.56 Å². The van der Waals surface area contributed by atoms with Crippen molar-refractivity contribution >= 4 is 0 Å². The van der Waals surface area contributed by atoms with Gasteiger partial charge in [-0.3, -0.25) is 0 Å². The first-order valence-electron chi connectivity index (χ1n) is 14.3. The molecule has 0 bridgehead atoms. The first kappa shape index (κ1) is 26.2. The lowest BCUT2D eigenvalue weighted by Crippen LogP contribution is -2.29. The summed E-state index contributed by atoms with van der Waals surface area (Å²) in [4.78, 5) is 0. The zero-order valence-electron chi connectivity index (χ0n) is 21.4. The highest BCUT2D eigenvalue weighted by Gasteiger charge is 2.35. The molecule has 0 atom stereocenters. The molecule has 2 heteroatoms. The van der Waals surface area contributed by atoms with Gasteiger partial charge in [-0.25, -0.2) is 4.39 Å². The molecule has 2 saturated carbocycles. The summed E-state index contributed by atoms with van der Waals surface area (Å²) in [6.45, 7) is 2.30.